The Balaban J connectivity index is 1.99. The topological polar surface area (TPSA) is 81.4 Å². The van der Waals surface area contributed by atoms with Crippen LogP contribution in [0.1, 0.15) is 42.1 Å². The number of nitrogens with zero attached hydrogens (tertiary/aromatic N) is 2. The van der Waals surface area contributed by atoms with Crippen LogP contribution >= 0.6 is 0 Å². The molecule has 114 valence electrons. The lowest BCUT2D eigenvalue weighted by Crippen LogP contribution is -2.35. The number of carbonyl (C=O) groups is 2. The molecule has 2 atom stereocenters. The Morgan fingerprint density at radius 3 is 2.82 bits per heavy atom. The summed E-state index contributed by atoms with van der Waals surface area (Å²) in [5.74, 6) is -0.672. The maximum atomic E-state index is 11.8. The highest BCUT2D eigenvalue weighted by molar-refractivity contribution is 5.95. The Hall–Kier alpha value is -2.35. The molecule has 1 saturated carbocycles. The van der Waals surface area contributed by atoms with Gasteiger partial charge in [0.05, 0.1) is 16.7 Å². The highest BCUT2D eigenvalue weighted by Gasteiger charge is 2.55. The number of carbonyl (C=O) groups excluding carboxylic acids is 1. The van der Waals surface area contributed by atoms with Crippen LogP contribution < -0.4 is 4.90 Å². The highest BCUT2D eigenvalue weighted by atomic mass is 16.4. The molecule has 1 heterocycles. The number of benzene rings is 1. The first-order chi connectivity index (χ1) is 10.5. The molecule has 2 fully saturated rings. The van der Waals surface area contributed by atoms with Crippen molar-refractivity contribution in [2.24, 2.45) is 11.3 Å². The molecule has 0 spiro atoms. The van der Waals surface area contributed by atoms with Crippen LogP contribution in [0.5, 0.6) is 0 Å². The molecule has 1 aromatic carbocycles. The third kappa shape index (κ3) is 2.07. The van der Waals surface area contributed by atoms with Crippen LogP contribution in [0.25, 0.3) is 0 Å². The predicted molar refractivity (Wildman–Crippen MR) is 80.8 cm³/mol. The number of rotatable bonds is 3. The van der Waals surface area contributed by atoms with Crippen molar-refractivity contribution in [2.45, 2.75) is 26.2 Å². The van der Waals surface area contributed by atoms with Gasteiger partial charge < -0.3 is 10.0 Å². The fourth-order valence-corrected chi connectivity index (χ4v) is 3.93. The Morgan fingerprint density at radius 1 is 1.45 bits per heavy atom. The van der Waals surface area contributed by atoms with Gasteiger partial charge in [-0.25, -0.2) is 0 Å². The van der Waals surface area contributed by atoms with Crippen LogP contribution in [0.3, 0.4) is 0 Å². The standard InChI is InChI=1S/C17H18N2O3/c1-11(20)12-4-5-13(8-18)15(7-12)19-9-14-3-2-6-17(14,10-19)16(21)22/h4-5,7,14H,2-3,6,9-10H2,1H3,(H,21,22)/t14-,17+/m0/s1. The van der Waals surface area contributed by atoms with E-state index in [0.29, 0.717) is 36.3 Å². The number of carboxylic acids is 1. The third-order valence-corrected chi connectivity index (χ3v) is 5.16. The molecule has 22 heavy (non-hydrogen) atoms. The molecule has 0 radical (unpaired) electrons. The van der Waals surface area contributed by atoms with Crippen molar-refractivity contribution >= 4 is 17.4 Å². The predicted octanol–water partition coefficient (Wildman–Crippen LogP) is 2.45. The maximum Gasteiger partial charge on any atom is 0.311 e. The van der Waals surface area contributed by atoms with Gasteiger partial charge in [0.25, 0.3) is 0 Å². The minimum absolute atomic E-state index is 0.0573. The zero-order chi connectivity index (χ0) is 15.9. The van der Waals surface area contributed by atoms with E-state index in [2.05, 4.69) is 6.07 Å². The number of aliphatic carboxylic acids is 1. The zero-order valence-corrected chi connectivity index (χ0v) is 12.5. The van der Waals surface area contributed by atoms with E-state index in [0.717, 1.165) is 12.8 Å². The molecule has 5 nitrogen and oxygen atoms in total. The number of Topliss-reactive ketones (excluding diaryl/α,β-unsaturated/α-hetero) is 1. The van der Waals surface area contributed by atoms with E-state index in [1.54, 1.807) is 18.2 Å². The summed E-state index contributed by atoms with van der Waals surface area (Å²) in [7, 11) is 0. The summed E-state index contributed by atoms with van der Waals surface area (Å²) < 4.78 is 0. The molecule has 1 N–H and O–H groups in total. The van der Waals surface area contributed by atoms with Gasteiger partial charge >= 0.3 is 5.97 Å². The minimum atomic E-state index is -0.737. The first-order valence-electron chi connectivity index (χ1n) is 7.51. The molecule has 1 aliphatic heterocycles. The summed E-state index contributed by atoms with van der Waals surface area (Å²) in [5.41, 5.74) is 1.03. The lowest BCUT2D eigenvalue weighted by Gasteiger charge is -2.25. The fraction of sp³-hybridized carbons (Fsp3) is 0.471. The van der Waals surface area contributed by atoms with Crippen LogP contribution in [-0.2, 0) is 4.79 Å². The second kappa shape index (κ2) is 5.13. The van der Waals surface area contributed by atoms with E-state index in [4.69, 9.17) is 0 Å². The van der Waals surface area contributed by atoms with Gasteiger partial charge in [0.15, 0.2) is 5.78 Å². The largest absolute Gasteiger partial charge is 0.481 e. The van der Waals surface area contributed by atoms with Crippen molar-refractivity contribution in [1.29, 1.82) is 5.26 Å². The van der Waals surface area contributed by atoms with Crippen LogP contribution in [0.15, 0.2) is 18.2 Å². The smallest absolute Gasteiger partial charge is 0.311 e. The van der Waals surface area contributed by atoms with Crippen molar-refractivity contribution in [3.63, 3.8) is 0 Å². The number of nitriles is 1. The van der Waals surface area contributed by atoms with Gasteiger partial charge in [-0.05, 0) is 43.9 Å². The van der Waals surface area contributed by atoms with E-state index in [9.17, 15) is 20.0 Å². The van der Waals surface area contributed by atoms with Gasteiger partial charge in [0.1, 0.15) is 6.07 Å². The number of carboxylic acid groups (broad SMARTS) is 1. The highest BCUT2D eigenvalue weighted by Crippen LogP contribution is 2.50. The second-order valence-electron chi connectivity index (χ2n) is 6.33. The lowest BCUT2D eigenvalue weighted by atomic mass is 9.81. The van der Waals surface area contributed by atoms with Crippen LogP contribution in [0, 0.1) is 22.7 Å². The second-order valence-corrected chi connectivity index (χ2v) is 6.33. The first kappa shape index (κ1) is 14.6. The molecular formula is C17H18N2O3. The summed E-state index contributed by atoms with van der Waals surface area (Å²) >= 11 is 0. The zero-order valence-electron chi connectivity index (χ0n) is 12.5. The summed E-state index contributed by atoms with van der Waals surface area (Å²) in [4.78, 5) is 25.3. The summed E-state index contributed by atoms with van der Waals surface area (Å²) in [6.07, 6.45) is 2.55. The van der Waals surface area contributed by atoms with E-state index in [1.807, 2.05) is 4.90 Å². The molecule has 3 rings (SSSR count). The number of ketones is 1. The maximum absolute atomic E-state index is 11.8. The van der Waals surface area contributed by atoms with Crippen molar-refractivity contribution in [2.75, 3.05) is 18.0 Å². The molecular weight excluding hydrogens is 280 g/mol. The quantitative estimate of drug-likeness (QED) is 0.867. The van der Waals surface area contributed by atoms with Gasteiger partial charge in [-0.15, -0.1) is 0 Å². The molecule has 0 aromatic heterocycles. The Morgan fingerprint density at radius 2 is 2.23 bits per heavy atom. The molecule has 0 amide bonds. The number of hydrogen-bond acceptors (Lipinski definition) is 4. The van der Waals surface area contributed by atoms with Gasteiger partial charge in [0, 0.05) is 18.7 Å². The van der Waals surface area contributed by atoms with Gasteiger partial charge in [0.2, 0.25) is 0 Å². The van der Waals surface area contributed by atoms with Gasteiger partial charge in [-0.3, -0.25) is 9.59 Å². The Bertz CT molecular complexity index is 692. The number of hydrogen-bond donors (Lipinski definition) is 1. The van der Waals surface area contributed by atoms with E-state index in [-0.39, 0.29) is 11.7 Å². The monoisotopic (exact) mass is 298 g/mol. The van der Waals surface area contributed by atoms with Crippen LogP contribution in [0.2, 0.25) is 0 Å². The molecule has 1 aliphatic carbocycles. The van der Waals surface area contributed by atoms with Crippen molar-refractivity contribution < 1.29 is 14.7 Å². The summed E-state index contributed by atoms with van der Waals surface area (Å²) in [5, 5.41) is 19.0. The SMILES string of the molecule is CC(=O)c1ccc(C#N)c(N2C[C@@H]3CCC[C@@]3(C(=O)O)C2)c1. The third-order valence-electron chi connectivity index (χ3n) is 5.16. The van der Waals surface area contributed by atoms with Gasteiger partial charge in [-0.2, -0.15) is 5.26 Å². The normalized spacial score (nSPS) is 26.5. The van der Waals surface area contributed by atoms with Crippen LogP contribution in [0.4, 0.5) is 5.69 Å². The lowest BCUT2D eigenvalue weighted by molar-refractivity contribution is -0.149. The van der Waals surface area contributed by atoms with E-state index >= 15 is 0 Å². The summed E-state index contributed by atoms with van der Waals surface area (Å²) in [6.45, 7) is 2.55. The number of anilines is 1. The minimum Gasteiger partial charge on any atom is -0.481 e. The molecule has 5 heteroatoms. The molecule has 2 aliphatic rings. The fourth-order valence-electron chi connectivity index (χ4n) is 3.93. The van der Waals surface area contributed by atoms with Crippen molar-refractivity contribution in [3.8, 4) is 6.07 Å². The Labute approximate surface area is 129 Å². The average Bonchev–Trinajstić information content (AvgIpc) is 3.04. The van der Waals surface area contributed by atoms with Gasteiger partial charge in [-0.1, -0.05) is 6.42 Å². The molecule has 1 saturated heterocycles. The summed E-state index contributed by atoms with van der Waals surface area (Å²) in [6, 6.07) is 7.16. The Kier molecular flexibility index (Phi) is 3.40. The number of fused-ring (bicyclic) bond motifs is 1. The molecule has 1 aromatic rings. The van der Waals surface area contributed by atoms with E-state index < -0.39 is 11.4 Å². The molecule has 0 unspecified atom stereocenters. The van der Waals surface area contributed by atoms with Crippen molar-refractivity contribution in [1.82, 2.24) is 0 Å². The first-order valence-corrected chi connectivity index (χ1v) is 7.51. The molecule has 0 bridgehead atoms. The van der Waals surface area contributed by atoms with Crippen molar-refractivity contribution in [3.05, 3.63) is 29.3 Å². The average molecular weight is 298 g/mol. The van der Waals surface area contributed by atoms with Crippen LogP contribution in [-0.4, -0.2) is 29.9 Å². The van der Waals surface area contributed by atoms with E-state index in [1.165, 1.54) is 6.92 Å².